The molecule has 0 aliphatic carbocycles. The lowest BCUT2D eigenvalue weighted by atomic mass is 9.90. The molecule has 118 valence electrons. The number of hydrogen-bond donors (Lipinski definition) is 2. The molecule has 0 saturated carbocycles. The Morgan fingerprint density at radius 3 is 3.00 bits per heavy atom. The van der Waals surface area contributed by atoms with Gasteiger partial charge in [-0.05, 0) is 67.5 Å². The molecule has 1 aromatic heterocycles. The van der Waals surface area contributed by atoms with E-state index in [1.54, 1.807) is 0 Å². The fourth-order valence-corrected chi connectivity index (χ4v) is 3.82. The zero-order chi connectivity index (χ0) is 15.7. The van der Waals surface area contributed by atoms with Crippen LogP contribution in [0.1, 0.15) is 37.9 Å². The molecule has 4 heteroatoms. The van der Waals surface area contributed by atoms with Gasteiger partial charge in [0.2, 0.25) is 0 Å². The Bertz CT molecular complexity index is 702. The quantitative estimate of drug-likeness (QED) is 0.725. The van der Waals surface area contributed by atoms with Crippen LogP contribution in [0, 0.1) is 0 Å². The number of hydrogen-bond acceptors (Lipinski definition) is 2. The number of aromatic nitrogens is 1. The predicted molar refractivity (Wildman–Crippen MR) is 100 cm³/mol. The average Bonchev–Trinajstić information content (AvgIpc) is 2.85. The summed E-state index contributed by atoms with van der Waals surface area (Å²) in [4.78, 5) is 5.95. The van der Waals surface area contributed by atoms with Crippen molar-refractivity contribution in [2.75, 3.05) is 13.1 Å². The van der Waals surface area contributed by atoms with Crippen molar-refractivity contribution in [2.45, 2.75) is 38.8 Å². The number of allylic oxidation sites excluding steroid dienone is 1. The van der Waals surface area contributed by atoms with Crippen molar-refractivity contribution in [2.24, 2.45) is 0 Å². The highest BCUT2D eigenvalue weighted by atomic mass is 127. The standard InChI is InChI=1S/C18H23IN2O/c1-3-13(19)11-21-10-6-9-18(2,22)17-15(12-21)14-7-4-5-8-16(14)20-17/h3-5,7-8,20,22H,6,9-12H2,1-2H3/b13-3-. The lowest BCUT2D eigenvalue weighted by molar-refractivity contribution is 0.0331. The molecule has 22 heavy (non-hydrogen) atoms. The van der Waals surface area contributed by atoms with Crippen LogP contribution in [0.15, 0.2) is 33.9 Å². The van der Waals surface area contributed by atoms with E-state index >= 15 is 0 Å². The summed E-state index contributed by atoms with van der Waals surface area (Å²) in [6.45, 7) is 6.92. The van der Waals surface area contributed by atoms with E-state index < -0.39 is 5.60 Å². The zero-order valence-corrected chi connectivity index (χ0v) is 15.4. The van der Waals surface area contributed by atoms with Crippen molar-refractivity contribution >= 4 is 33.5 Å². The van der Waals surface area contributed by atoms with Crippen LogP contribution in [0.25, 0.3) is 10.9 Å². The normalized spacial score (nSPS) is 24.1. The molecule has 0 radical (unpaired) electrons. The summed E-state index contributed by atoms with van der Waals surface area (Å²) >= 11 is 2.42. The van der Waals surface area contributed by atoms with E-state index in [1.165, 1.54) is 14.5 Å². The van der Waals surface area contributed by atoms with E-state index in [1.807, 2.05) is 13.0 Å². The van der Waals surface area contributed by atoms with Crippen LogP contribution < -0.4 is 0 Å². The summed E-state index contributed by atoms with van der Waals surface area (Å²) in [5.74, 6) is 0. The van der Waals surface area contributed by atoms with Crippen molar-refractivity contribution in [3.63, 3.8) is 0 Å². The molecule has 0 spiro atoms. The van der Waals surface area contributed by atoms with Crippen LogP contribution in [-0.2, 0) is 12.1 Å². The van der Waals surface area contributed by atoms with Gasteiger partial charge in [0.1, 0.15) is 5.60 Å². The Morgan fingerprint density at radius 2 is 2.23 bits per heavy atom. The summed E-state index contributed by atoms with van der Waals surface area (Å²) in [6.07, 6.45) is 3.97. The third kappa shape index (κ3) is 3.09. The first-order valence-electron chi connectivity index (χ1n) is 7.87. The molecule has 1 unspecified atom stereocenters. The molecule has 0 amide bonds. The van der Waals surface area contributed by atoms with Gasteiger partial charge < -0.3 is 10.1 Å². The number of aliphatic hydroxyl groups is 1. The molecule has 0 bridgehead atoms. The molecule has 3 nitrogen and oxygen atoms in total. The average molecular weight is 410 g/mol. The predicted octanol–water partition coefficient (Wildman–Crippen LogP) is 4.31. The molecule has 1 atom stereocenters. The van der Waals surface area contributed by atoms with Crippen molar-refractivity contribution < 1.29 is 5.11 Å². The summed E-state index contributed by atoms with van der Waals surface area (Å²) in [7, 11) is 0. The number of nitrogens with zero attached hydrogens (tertiary/aromatic N) is 1. The van der Waals surface area contributed by atoms with Gasteiger partial charge in [0.05, 0.1) is 5.69 Å². The van der Waals surface area contributed by atoms with E-state index in [2.05, 4.69) is 63.7 Å². The highest BCUT2D eigenvalue weighted by Gasteiger charge is 2.31. The van der Waals surface area contributed by atoms with Crippen LogP contribution in [-0.4, -0.2) is 28.1 Å². The molecule has 2 N–H and O–H groups in total. The second-order valence-electron chi connectivity index (χ2n) is 6.35. The third-order valence-electron chi connectivity index (χ3n) is 4.56. The number of halogens is 1. The van der Waals surface area contributed by atoms with Gasteiger partial charge in [-0.1, -0.05) is 24.3 Å². The minimum absolute atomic E-state index is 0.770. The van der Waals surface area contributed by atoms with E-state index in [0.717, 1.165) is 43.7 Å². The third-order valence-corrected chi connectivity index (χ3v) is 5.52. The van der Waals surface area contributed by atoms with Gasteiger partial charge in [-0.2, -0.15) is 0 Å². The first kappa shape index (κ1) is 16.0. The zero-order valence-electron chi connectivity index (χ0n) is 13.2. The SMILES string of the molecule is C/C=C(\I)CN1CCCC(C)(O)c2[nH]c3ccccc3c2C1. The van der Waals surface area contributed by atoms with E-state index in [9.17, 15) is 5.11 Å². The topological polar surface area (TPSA) is 39.3 Å². The lowest BCUT2D eigenvalue weighted by Crippen LogP contribution is -2.33. The van der Waals surface area contributed by atoms with Crippen LogP contribution in [0.2, 0.25) is 0 Å². The second-order valence-corrected chi connectivity index (χ2v) is 7.73. The van der Waals surface area contributed by atoms with E-state index in [-0.39, 0.29) is 0 Å². The van der Waals surface area contributed by atoms with Gasteiger partial charge in [0, 0.05) is 27.6 Å². The number of benzene rings is 1. The molecule has 2 heterocycles. The van der Waals surface area contributed by atoms with E-state index in [4.69, 9.17) is 0 Å². The summed E-state index contributed by atoms with van der Waals surface area (Å²) in [5.41, 5.74) is 2.60. The van der Waals surface area contributed by atoms with Gasteiger partial charge in [-0.15, -0.1) is 0 Å². The van der Waals surface area contributed by atoms with Crippen LogP contribution >= 0.6 is 22.6 Å². The van der Waals surface area contributed by atoms with Gasteiger partial charge in [-0.25, -0.2) is 0 Å². The van der Waals surface area contributed by atoms with Crippen LogP contribution in [0.4, 0.5) is 0 Å². The molecule has 3 rings (SSSR count). The van der Waals surface area contributed by atoms with Gasteiger partial charge in [0.25, 0.3) is 0 Å². The number of rotatable bonds is 2. The molecule has 1 aliphatic heterocycles. The lowest BCUT2D eigenvalue weighted by Gasteiger charge is -2.31. The van der Waals surface area contributed by atoms with Gasteiger partial charge >= 0.3 is 0 Å². The molecule has 0 fully saturated rings. The molecule has 2 aromatic rings. The molecular formula is C18H23IN2O. The van der Waals surface area contributed by atoms with Crippen LogP contribution in [0.5, 0.6) is 0 Å². The number of para-hydroxylation sites is 1. The first-order chi connectivity index (χ1) is 10.5. The van der Waals surface area contributed by atoms with Crippen molar-refractivity contribution in [1.82, 2.24) is 9.88 Å². The monoisotopic (exact) mass is 410 g/mol. The Kier molecular flexibility index (Phi) is 4.61. The Hall–Kier alpha value is -0.850. The van der Waals surface area contributed by atoms with E-state index in [0.29, 0.717) is 0 Å². The molecular weight excluding hydrogens is 387 g/mol. The summed E-state index contributed by atoms with van der Waals surface area (Å²) in [5, 5.41) is 12.1. The first-order valence-corrected chi connectivity index (χ1v) is 8.94. The van der Waals surface area contributed by atoms with Crippen molar-refractivity contribution in [3.05, 3.63) is 45.2 Å². The molecule has 1 aliphatic rings. The number of aromatic amines is 1. The smallest absolute Gasteiger partial charge is 0.102 e. The van der Waals surface area contributed by atoms with Crippen molar-refractivity contribution in [1.29, 1.82) is 0 Å². The second kappa shape index (κ2) is 6.34. The van der Waals surface area contributed by atoms with Crippen molar-refractivity contribution in [3.8, 4) is 0 Å². The Morgan fingerprint density at radius 1 is 1.45 bits per heavy atom. The maximum absolute atomic E-state index is 10.9. The minimum Gasteiger partial charge on any atom is -0.384 e. The highest BCUT2D eigenvalue weighted by Crippen LogP contribution is 2.35. The largest absolute Gasteiger partial charge is 0.384 e. The maximum atomic E-state index is 10.9. The number of nitrogens with one attached hydrogen (secondary N) is 1. The molecule has 1 aromatic carbocycles. The summed E-state index contributed by atoms with van der Waals surface area (Å²) in [6, 6.07) is 8.36. The summed E-state index contributed by atoms with van der Waals surface area (Å²) < 4.78 is 1.37. The highest BCUT2D eigenvalue weighted by molar-refractivity contribution is 14.1. The Balaban J connectivity index is 2.05. The fourth-order valence-electron chi connectivity index (χ4n) is 3.34. The number of H-pyrrole nitrogens is 1. The fraction of sp³-hybridized carbons (Fsp3) is 0.444. The van der Waals surface area contributed by atoms with Gasteiger partial charge in [-0.3, -0.25) is 4.90 Å². The maximum Gasteiger partial charge on any atom is 0.102 e. The van der Waals surface area contributed by atoms with Gasteiger partial charge in [0.15, 0.2) is 0 Å². The number of fused-ring (bicyclic) bond motifs is 3. The van der Waals surface area contributed by atoms with Crippen LogP contribution in [0.3, 0.4) is 0 Å². The Labute approximate surface area is 145 Å². The molecule has 0 saturated heterocycles. The minimum atomic E-state index is -0.770.